The van der Waals surface area contributed by atoms with E-state index in [1.165, 1.54) is 61.1 Å². The first-order chi connectivity index (χ1) is 14.1. The molecule has 0 N–H and O–H groups in total. The van der Waals surface area contributed by atoms with Gasteiger partial charge in [-0.15, -0.1) is 11.3 Å². The number of hydrogen-bond donors (Lipinski definition) is 0. The quantitative estimate of drug-likeness (QED) is 0.458. The molecule has 2 nitrogen and oxygen atoms in total. The Kier molecular flexibility index (Phi) is 8.26. The van der Waals surface area contributed by atoms with E-state index in [4.69, 9.17) is 0 Å². The van der Waals surface area contributed by atoms with Gasteiger partial charge in [-0.1, -0.05) is 62.7 Å². The summed E-state index contributed by atoms with van der Waals surface area (Å²) in [5.74, 6) is 1.94. The summed E-state index contributed by atoms with van der Waals surface area (Å²) in [5, 5.41) is 1.15. The smallest absolute Gasteiger partial charge is 0.0907 e. The van der Waals surface area contributed by atoms with Crippen LogP contribution >= 0.6 is 11.3 Å². The zero-order valence-electron chi connectivity index (χ0n) is 18.5. The predicted molar refractivity (Wildman–Crippen MR) is 128 cm³/mol. The molecule has 4 heterocycles. The first kappa shape index (κ1) is 22.0. The minimum Gasteiger partial charge on any atom is -0.303 e. The lowest BCUT2D eigenvalue weighted by Crippen LogP contribution is -2.48. The van der Waals surface area contributed by atoms with Crippen LogP contribution in [0.2, 0.25) is 0 Å². The van der Waals surface area contributed by atoms with Gasteiger partial charge in [0.1, 0.15) is 0 Å². The molecule has 3 heteroatoms. The summed E-state index contributed by atoms with van der Waals surface area (Å²) >= 11 is 1.76. The molecule has 6 rings (SSSR count). The summed E-state index contributed by atoms with van der Waals surface area (Å²) in [6, 6.07) is 17.3. The van der Waals surface area contributed by atoms with Crippen molar-refractivity contribution in [2.75, 3.05) is 19.6 Å². The lowest BCUT2D eigenvalue weighted by molar-refractivity contribution is 0.0512. The average Bonchev–Trinajstić information content (AvgIpc) is 3.13. The topological polar surface area (TPSA) is 16.1 Å². The lowest BCUT2D eigenvalue weighted by atomic mass is 9.76. The van der Waals surface area contributed by atoms with Gasteiger partial charge < -0.3 is 4.90 Å². The first-order valence-electron chi connectivity index (χ1n) is 11.2. The van der Waals surface area contributed by atoms with Gasteiger partial charge in [-0.3, -0.25) is 0 Å². The second kappa shape index (κ2) is 10.9. The molecule has 3 fully saturated rings. The molecule has 1 aromatic heterocycles. The zero-order valence-corrected chi connectivity index (χ0v) is 19.3. The monoisotopic (exact) mass is 408 g/mol. The van der Waals surface area contributed by atoms with Gasteiger partial charge in [-0.25, -0.2) is 4.98 Å². The highest BCUT2D eigenvalue weighted by Crippen LogP contribution is 2.34. The normalized spacial score (nSPS) is 22.4. The highest BCUT2D eigenvalue weighted by Gasteiger charge is 2.33. The van der Waals surface area contributed by atoms with Gasteiger partial charge in [0.2, 0.25) is 0 Å². The van der Waals surface area contributed by atoms with Crippen molar-refractivity contribution in [3.63, 3.8) is 0 Å². The Bertz CT molecular complexity index is 863. The van der Waals surface area contributed by atoms with Gasteiger partial charge in [-0.2, -0.15) is 0 Å². The van der Waals surface area contributed by atoms with Crippen molar-refractivity contribution in [3.05, 3.63) is 64.7 Å². The number of nitrogens with zero attached hydrogens (tertiary/aromatic N) is 2. The van der Waals surface area contributed by atoms with Gasteiger partial charge in [0.15, 0.2) is 0 Å². The Morgan fingerprint density at radius 1 is 0.966 bits per heavy atom. The number of para-hydroxylation sites is 1. The Hall–Kier alpha value is -1.71. The second-order valence-electron chi connectivity index (χ2n) is 8.45. The first-order valence-corrected chi connectivity index (χ1v) is 12.0. The summed E-state index contributed by atoms with van der Waals surface area (Å²) in [6.07, 6.45) is 5.43. The summed E-state index contributed by atoms with van der Waals surface area (Å²) in [6.45, 7) is 12.5. The van der Waals surface area contributed by atoms with Gasteiger partial charge in [0, 0.05) is 6.54 Å². The summed E-state index contributed by atoms with van der Waals surface area (Å²) in [7, 11) is 0. The van der Waals surface area contributed by atoms with E-state index < -0.39 is 0 Å². The molecule has 0 radical (unpaired) electrons. The van der Waals surface area contributed by atoms with Crippen LogP contribution in [-0.4, -0.2) is 29.5 Å². The fourth-order valence-corrected chi connectivity index (χ4v) is 5.34. The number of aromatic nitrogens is 1. The van der Waals surface area contributed by atoms with E-state index in [2.05, 4.69) is 79.2 Å². The van der Waals surface area contributed by atoms with Crippen LogP contribution in [0.25, 0.3) is 10.2 Å². The molecule has 0 aliphatic carbocycles. The van der Waals surface area contributed by atoms with Crippen molar-refractivity contribution < 1.29 is 0 Å². The molecule has 0 amide bonds. The van der Waals surface area contributed by atoms with Crippen LogP contribution in [0.5, 0.6) is 0 Å². The fourth-order valence-electron chi connectivity index (χ4n) is 4.43. The van der Waals surface area contributed by atoms with Crippen LogP contribution in [0.15, 0.2) is 48.5 Å². The van der Waals surface area contributed by atoms with E-state index in [0.29, 0.717) is 0 Å². The van der Waals surface area contributed by atoms with Crippen molar-refractivity contribution in [2.45, 2.75) is 53.4 Å². The third-order valence-corrected chi connectivity index (χ3v) is 6.80. The molecular weight excluding hydrogens is 372 g/mol. The fraction of sp³-hybridized carbons (Fsp3) is 0.500. The second-order valence-corrected chi connectivity index (χ2v) is 9.68. The van der Waals surface area contributed by atoms with Gasteiger partial charge in [-0.05, 0) is 75.2 Å². The number of hydrogen-bond acceptors (Lipinski definition) is 3. The van der Waals surface area contributed by atoms with Crippen LogP contribution in [-0.2, 0) is 6.42 Å². The minimum absolute atomic E-state index is 0.926. The summed E-state index contributed by atoms with van der Waals surface area (Å²) in [5.41, 5.74) is 3.96. The highest BCUT2D eigenvalue weighted by atomic mass is 32.1. The van der Waals surface area contributed by atoms with E-state index in [0.717, 1.165) is 22.4 Å². The third-order valence-electron chi connectivity index (χ3n) is 5.86. The number of thiazole rings is 1. The molecule has 0 spiro atoms. The predicted octanol–water partition coefficient (Wildman–Crippen LogP) is 6.90. The molecule has 3 aliphatic rings. The third kappa shape index (κ3) is 6.13. The summed E-state index contributed by atoms with van der Waals surface area (Å²) < 4.78 is 1.29. The maximum atomic E-state index is 4.43. The Morgan fingerprint density at radius 2 is 1.66 bits per heavy atom. The molecular formula is C26H36N2S. The van der Waals surface area contributed by atoms with Crippen LogP contribution in [0.3, 0.4) is 0 Å². The van der Waals surface area contributed by atoms with Gasteiger partial charge in [0.05, 0.1) is 15.2 Å². The van der Waals surface area contributed by atoms with Crippen molar-refractivity contribution in [2.24, 2.45) is 11.8 Å². The largest absolute Gasteiger partial charge is 0.303 e. The van der Waals surface area contributed by atoms with Crippen molar-refractivity contribution in [1.82, 2.24) is 9.88 Å². The molecule has 3 aliphatic heterocycles. The molecule has 3 aromatic rings. The van der Waals surface area contributed by atoms with E-state index in [1.807, 2.05) is 6.92 Å². The molecule has 3 saturated heterocycles. The molecule has 29 heavy (non-hydrogen) atoms. The average molecular weight is 409 g/mol. The molecule has 0 unspecified atom stereocenters. The van der Waals surface area contributed by atoms with E-state index in [9.17, 15) is 0 Å². The molecule has 1 atom stereocenters. The maximum absolute atomic E-state index is 4.43. The number of fused-ring (bicyclic) bond motifs is 4. The minimum atomic E-state index is 0.926. The summed E-state index contributed by atoms with van der Waals surface area (Å²) in [4.78, 5) is 7.08. The van der Waals surface area contributed by atoms with Crippen molar-refractivity contribution >= 4 is 21.6 Å². The van der Waals surface area contributed by atoms with E-state index in [-0.39, 0.29) is 0 Å². The van der Waals surface area contributed by atoms with E-state index >= 15 is 0 Å². The zero-order chi connectivity index (χ0) is 20.6. The van der Waals surface area contributed by atoms with Crippen LogP contribution < -0.4 is 0 Å². The van der Waals surface area contributed by atoms with Crippen LogP contribution in [0.4, 0.5) is 0 Å². The molecule has 156 valence electrons. The lowest BCUT2D eigenvalue weighted by Gasteiger charge is -2.45. The highest BCUT2D eigenvalue weighted by molar-refractivity contribution is 7.18. The Morgan fingerprint density at radius 3 is 2.24 bits per heavy atom. The maximum Gasteiger partial charge on any atom is 0.0907 e. The SMILES string of the molecule is CCC.Cc1nc2c(C)cccc2s1.c1ccc(C[C@H]2CN3CCC2CC3)cc1. The Balaban J connectivity index is 0.000000152. The van der Waals surface area contributed by atoms with Gasteiger partial charge in [0.25, 0.3) is 0 Å². The number of rotatable bonds is 2. The van der Waals surface area contributed by atoms with Crippen molar-refractivity contribution in [1.29, 1.82) is 0 Å². The van der Waals surface area contributed by atoms with Crippen LogP contribution in [0.1, 0.15) is 49.2 Å². The van der Waals surface area contributed by atoms with Crippen LogP contribution in [0, 0.1) is 25.7 Å². The number of benzene rings is 2. The Labute approximate surface area is 181 Å². The molecule has 2 aromatic carbocycles. The van der Waals surface area contributed by atoms with Gasteiger partial charge >= 0.3 is 0 Å². The molecule has 2 bridgehead atoms. The number of piperidine rings is 3. The van der Waals surface area contributed by atoms with E-state index in [1.54, 1.807) is 11.3 Å². The molecule has 0 saturated carbocycles. The number of aryl methyl sites for hydroxylation is 2. The standard InChI is InChI=1S/C14H19N.C9H9NS.C3H8/c1-2-4-12(5-3-1)10-14-11-15-8-6-13(14)7-9-15;1-6-4-3-5-8-9(6)10-7(2)11-8;1-3-2/h1-5,13-14H,6-11H2;3-5H,1-2H3;3H2,1-2H3/t14-;;/m0../s1. The van der Waals surface area contributed by atoms with Crippen molar-refractivity contribution in [3.8, 4) is 0 Å².